The standard InChI is InChI=1S/C26H28N2O3S/c1-19(2)26(29)27-20(3)18-25(23-16-10-11-17-24(23)27)28(21-12-6-4-7-13-21)32(30,31)22-14-8-5-9-15-22/h4-17,19-20,25H,18H2,1-3H3/t20-,25-/m0/s1. The van der Waals surface area contributed by atoms with Gasteiger partial charge >= 0.3 is 0 Å². The number of hydrogen-bond donors (Lipinski definition) is 0. The molecule has 2 atom stereocenters. The van der Waals surface area contributed by atoms with Gasteiger partial charge in [0.25, 0.3) is 10.0 Å². The third kappa shape index (κ3) is 3.91. The van der Waals surface area contributed by atoms with Crippen LogP contribution in [0.25, 0.3) is 0 Å². The molecule has 1 aliphatic rings. The van der Waals surface area contributed by atoms with Gasteiger partial charge in [-0.3, -0.25) is 9.10 Å². The Hall–Kier alpha value is -3.12. The summed E-state index contributed by atoms with van der Waals surface area (Å²) in [6.45, 7) is 5.77. The molecule has 0 unspecified atom stereocenters. The first-order valence-corrected chi connectivity index (χ1v) is 12.3. The number of anilines is 2. The monoisotopic (exact) mass is 448 g/mol. The summed E-state index contributed by atoms with van der Waals surface area (Å²) < 4.78 is 29.4. The quantitative estimate of drug-likeness (QED) is 0.525. The van der Waals surface area contributed by atoms with Crippen molar-refractivity contribution in [1.29, 1.82) is 0 Å². The third-order valence-corrected chi connectivity index (χ3v) is 7.74. The summed E-state index contributed by atoms with van der Waals surface area (Å²) in [5.74, 6) is -0.110. The minimum Gasteiger partial charge on any atom is -0.309 e. The third-order valence-electron chi connectivity index (χ3n) is 5.89. The Morgan fingerprint density at radius 2 is 1.47 bits per heavy atom. The molecule has 0 aliphatic carbocycles. The van der Waals surface area contributed by atoms with Crippen LogP contribution in [-0.4, -0.2) is 20.4 Å². The van der Waals surface area contributed by atoms with Gasteiger partial charge in [0.05, 0.1) is 16.6 Å². The fourth-order valence-corrected chi connectivity index (χ4v) is 6.05. The van der Waals surface area contributed by atoms with E-state index in [4.69, 9.17) is 0 Å². The average molecular weight is 449 g/mol. The molecule has 5 nitrogen and oxygen atoms in total. The van der Waals surface area contributed by atoms with Crippen molar-refractivity contribution in [2.24, 2.45) is 5.92 Å². The average Bonchev–Trinajstić information content (AvgIpc) is 2.80. The second-order valence-corrected chi connectivity index (χ2v) is 10.3. The molecule has 0 spiro atoms. The molecule has 32 heavy (non-hydrogen) atoms. The first kappa shape index (κ1) is 22.1. The number of para-hydroxylation sites is 2. The van der Waals surface area contributed by atoms with Crippen molar-refractivity contribution in [1.82, 2.24) is 0 Å². The normalized spacial score (nSPS) is 18.3. The van der Waals surface area contributed by atoms with E-state index in [9.17, 15) is 13.2 Å². The lowest BCUT2D eigenvalue weighted by atomic mass is 9.90. The molecule has 0 bridgehead atoms. The Balaban J connectivity index is 1.90. The second kappa shape index (κ2) is 8.79. The fraction of sp³-hybridized carbons (Fsp3) is 0.269. The maximum absolute atomic E-state index is 13.9. The minimum absolute atomic E-state index is 0.0422. The van der Waals surface area contributed by atoms with Crippen LogP contribution in [0.2, 0.25) is 0 Å². The number of amides is 1. The summed E-state index contributed by atoms with van der Waals surface area (Å²) >= 11 is 0. The van der Waals surface area contributed by atoms with Crippen LogP contribution in [0.4, 0.5) is 11.4 Å². The minimum atomic E-state index is -3.84. The van der Waals surface area contributed by atoms with Crippen molar-refractivity contribution in [3.05, 3.63) is 90.5 Å². The van der Waals surface area contributed by atoms with Gasteiger partial charge in [-0.25, -0.2) is 8.42 Å². The van der Waals surface area contributed by atoms with E-state index in [-0.39, 0.29) is 22.8 Å². The van der Waals surface area contributed by atoms with Crippen molar-refractivity contribution in [2.45, 2.75) is 44.2 Å². The molecule has 0 aromatic heterocycles. The van der Waals surface area contributed by atoms with Crippen LogP contribution in [-0.2, 0) is 14.8 Å². The van der Waals surface area contributed by atoms with E-state index in [1.807, 2.05) is 80.3 Å². The summed E-state index contributed by atoms with van der Waals surface area (Å²) in [5, 5.41) is 0. The Kier molecular flexibility index (Phi) is 6.07. The highest BCUT2D eigenvalue weighted by Gasteiger charge is 2.41. The summed E-state index contributed by atoms with van der Waals surface area (Å²) in [6.07, 6.45) is 0.496. The van der Waals surface area contributed by atoms with Gasteiger partial charge in [-0.15, -0.1) is 0 Å². The smallest absolute Gasteiger partial charge is 0.264 e. The molecule has 1 heterocycles. The van der Waals surface area contributed by atoms with E-state index in [1.165, 1.54) is 4.31 Å². The van der Waals surface area contributed by atoms with Crippen molar-refractivity contribution in [2.75, 3.05) is 9.21 Å². The van der Waals surface area contributed by atoms with Crippen molar-refractivity contribution < 1.29 is 13.2 Å². The lowest BCUT2D eigenvalue weighted by molar-refractivity contribution is -0.122. The molecule has 0 N–H and O–H groups in total. The van der Waals surface area contributed by atoms with E-state index in [0.29, 0.717) is 12.1 Å². The van der Waals surface area contributed by atoms with Gasteiger partial charge in [0.2, 0.25) is 5.91 Å². The van der Waals surface area contributed by atoms with Crippen molar-refractivity contribution in [3.8, 4) is 0 Å². The zero-order valence-corrected chi connectivity index (χ0v) is 19.4. The van der Waals surface area contributed by atoms with Crippen molar-refractivity contribution >= 4 is 27.3 Å². The first-order valence-electron chi connectivity index (χ1n) is 10.9. The predicted octanol–water partition coefficient (Wildman–Crippen LogP) is 5.40. The molecular formula is C26H28N2O3S. The zero-order valence-electron chi connectivity index (χ0n) is 18.5. The molecule has 1 aliphatic heterocycles. The van der Waals surface area contributed by atoms with E-state index < -0.39 is 16.1 Å². The van der Waals surface area contributed by atoms with Gasteiger partial charge in [-0.05, 0) is 49.2 Å². The Labute approximate surface area is 190 Å². The summed E-state index contributed by atoms with van der Waals surface area (Å²) in [7, 11) is -3.84. The van der Waals surface area contributed by atoms with Gasteiger partial charge in [-0.1, -0.05) is 68.4 Å². The summed E-state index contributed by atoms with van der Waals surface area (Å²) in [6, 6.07) is 24.8. The van der Waals surface area contributed by atoms with Gasteiger partial charge in [-0.2, -0.15) is 0 Å². The molecule has 3 aromatic carbocycles. The van der Waals surface area contributed by atoms with E-state index in [1.54, 1.807) is 30.3 Å². The van der Waals surface area contributed by atoms with Crippen LogP contribution in [0.3, 0.4) is 0 Å². The summed E-state index contributed by atoms with van der Waals surface area (Å²) in [4.78, 5) is 15.1. The Bertz CT molecular complexity index is 1190. The molecule has 0 saturated heterocycles. The second-order valence-electron chi connectivity index (χ2n) is 8.47. The maximum atomic E-state index is 13.9. The molecule has 1 amide bonds. The van der Waals surface area contributed by atoms with Crippen LogP contribution >= 0.6 is 0 Å². The lowest BCUT2D eigenvalue weighted by Gasteiger charge is -2.44. The zero-order chi connectivity index (χ0) is 22.9. The maximum Gasteiger partial charge on any atom is 0.264 e. The molecule has 3 aromatic rings. The van der Waals surface area contributed by atoms with Crippen LogP contribution in [0, 0.1) is 5.92 Å². The van der Waals surface area contributed by atoms with Gasteiger partial charge in [0, 0.05) is 17.6 Å². The van der Waals surface area contributed by atoms with E-state index in [0.717, 1.165) is 11.3 Å². The van der Waals surface area contributed by atoms with Crippen LogP contribution in [0.1, 0.15) is 38.8 Å². The molecule has 166 valence electrons. The number of hydrogen-bond acceptors (Lipinski definition) is 3. The van der Waals surface area contributed by atoms with Crippen molar-refractivity contribution in [3.63, 3.8) is 0 Å². The van der Waals surface area contributed by atoms with Crippen LogP contribution in [0.15, 0.2) is 89.8 Å². The predicted molar refractivity (Wildman–Crippen MR) is 128 cm³/mol. The molecule has 4 rings (SSSR count). The van der Waals surface area contributed by atoms with E-state index >= 15 is 0 Å². The van der Waals surface area contributed by atoms with E-state index in [2.05, 4.69) is 0 Å². The fourth-order valence-electron chi connectivity index (χ4n) is 4.38. The lowest BCUT2D eigenvalue weighted by Crippen LogP contribution is -2.49. The number of carbonyl (C=O) groups is 1. The Morgan fingerprint density at radius 3 is 2.09 bits per heavy atom. The van der Waals surface area contributed by atoms with Crippen LogP contribution in [0.5, 0.6) is 0 Å². The molecule has 0 radical (unpaired) electrons. The van der Waals surface area contributed by atoms with Gasteiger partial charge < -0.3 is 4.90 Å². The number of benzene rings is 3. The first-order chi connectivity index (χ1) is 15.3. The van der Waals surface area contributed by atoms with Gasteiger partial charge in [0.15, 0.2) is 0 Å². The number of carbonyl (C=O) groups excluding carboxylic acids is 1. The SMILES string of the molecule is CC(C)C(=O)N1c2ccccc2[C@@H](N(c2ccccc2)S(=O)(=O)c2ccccc2)C[C@@H]1C. The highest BCUT2D eigenvalue weighted by Crippen LogP contribution is 2.44. The highest BCUT2D eigenvalue weighted by molar-refractivity contribution is 7.92. The molecular weight excluding hydrogens is 420 g/mol. The largest absolute Gasteiger partial charge is 0.309 e. The Morgan fingerprint density at radius 1 is 0.906 bits per heavy atom. The highest BCUT2D eigenvalue weighted by atomic mass is 32.2. The topological polar surface area (TPSA) is 57.7 Å². The number of nitrogens with zero attached hydrogens (tertiary/aromatic N) is 2. The number of fused-ring (bicyclic) bond motifs is 1. The molecule has 0 saturated carbocycles. The number of sulfonamides is 1. The molecule has 6 heteroatoms. The van der Waals surface area contributed by atoms with Gasteiger partial charge in [0.1, 0.15) is 0 Å². The van der Waals surface area contributed by atoms with Crippen LogP contribution < -0.4 is 9.21 Å². The summed E-state index contributed by atoms with van der Waals surface area (Å²) in [5.41, 5.74) is 2.22. The molecule has 0 fully saturated rings. The number of rotatable bonds is 5.